The molecule has 3 rings (SSSR count). The average Bonchev–Trinajstić information content (AvgIpc) is 2.98. The van der Waals surface area contributed by atoms with Crippen molar-refractivity contribution in [1.82, 2.24) is 19.7 Å². The van der Waals surface area contributed by atoms with E-state index in [0.717, 1.165) is 12.4 Å². The highest BCUT2D eigenvalue weighted by molar-refractivity contribution is 7.71. The van der Waals surface area contributed by atoms with Gasteiger partial charge in [-0.15, -0.1) is 0 Å². The molecule has 1 atom stereocenters. The van der Waals surface area contributed by atoms with E-state index in [1.807, 2.05) is 30.1 Å². The summed E-state index contributed by atoms with van der Waals surface area (Å²) in [4.78, 5) is 14.0. The molecule has 0 unspecified atom stereocenters. The predicted molar refractivity (Wildman–Crippen MR) is 77.6 cm³/mol. The van der Waals surface area contributed by atoms with Gasteiger partial charge in [0.25, 0.3) is 0 Å². The maximum absolute atomic E-state index is 12.1. The molecule has 0 bridgehead atoms. The zero-order valence-corrected chi connectivity index (χ0v) is 12.1. The Kier molecular flexibility index (Phi) is 3.40. The molecule has 2 heterocycles. The molecule has 1 amide bonds. The number of aromatic amines is 1. The van der Waals surface area contributed by atoms with Gasteiger partial charge in [0.05, 0.1) is 6.54 Å². The van der Waals surface area contributed by atoms with Crippen LogP contribution in [0.4, 0.5) is 0 Å². The third kappa shape index (κ3) is 2.38. The molecule has 1 aromatic carbocycles. The first kappa shape index (κ1) is 13.1. The van der Waals surface area contributed by atoms with Gasteiger partial charge in [-0.3, -0.25) is 9.89 Å². The summed E-state index contributed by atoms with van der Waals surface area (Å²) in [5, 5.41) is 6.91. The molecule has 1 aliphatic rings. The van der Waals surface area contributed by atoms with E-state index in [1.165, 1.54) is 5.56 Å². The Hall–Kier alpha value is -1.95. The van der Waals surface area contributed by atoms with E-state index in [2.05, 4.69) is 22.3 Å². The molecule has 1 aromatic heterocycles. The van der Waals surface area contributed by atoms with Crippen molar-refractivity contribution in [1.29, 1.82) is 0 Å². The van der Waals surface area contributed by atoms with E-state index in [1.54, 1.807) is 4.57 Å². The predicted octanol–water partition coefficient (Wildman–Crippen LogP) is 1.99. The first-order valence-electron chi connectivity index (χ1n) is 6.58. The molecule has 20 heavy (non-hydrogen) atoms. The highest BCUT2D eigenvalue weighted by Gasteiger charge is 2.31. The van der Waals surface area contributed by atoms with Crippen LogP contribution >= 0.6 is 12.2 Å². The molecular weight excluding hydrogens is 272 g/mol. The summed E-state index contributed by atoms with van der Waals surface area (Å²) in [7, 11) is 1.86. The van der Waals surface area contributed by atoms with E-state index in [-0.39, 0.29) is 11.8 Å². The van der Waals surface area contributed by atoms with Crippen molar-refractivity contribution < 1.29 is 4.79 Å². The lowest BCUT2D eigenvalue weighted by molar-refractivity contribution is -0.128. The van der Waals surface area contributed by atoms with Gasteiger partial charge in [-0.2, -0.15) is 5.10 Å². The Morgan fingerprint density at radius 2 is 2.15 bits per heavy atom. The van der Waals surface area contributed by atoms with Crippen molar-refractivity contribution in [3.63, 3.8) is 0 Å². The van der Waals surface area contributed by atoms with Gasteiger partial charge in [0.2, 0.25) is 5.91 Å². The van der Waals surface area contributed by atoms with Crippen molar-refractivity contribution in [3.05, 3.63) is 46.5 Å². The molecule has 104 valence electrons. The number of hydrogen-bond acceptors (Lipinski definition) is 3. The molecule has 0 spiro atoms. The summed E-state index contributed by atoms with van der Waals surface area (Å²) >= 11 is 5.09. The lowest BCUT2D eigenvalue weighted by Crippen LogP contribution is -2.26. The largest absolute Gasteiger partial charge is 0.335 e. The highest BCUT2D eigenvalue weighted by atomic mass is 32.1. The topological polar surface area (TPSA) is 53.9 Å². The third-order valence-corrected chi connectivity index (χ3v) is 4.16. The monoisotopic (exact) mass is 288 g/mol. The Balaban J connectivity index is 1.75. The summed E-state index contributed by atoms with van der Waals surface area (Å²) in [6, 6.07) is 10.2. The zero-order valence-electron chi connectivity index (χ0n) is 11.2. The van der Waals surface area contributed by atoms with Crippen LogP contribution in [0.5, 0.6) is 0 Å². The van der Waals surface area contributed by atoms with E-state index in [4.69, 9.17) is 12.2 Å². The number of likely N-dealkylation sites (tertiary alicyclic amines) is 1. The molecule has 1 fully saturated rings. The summed E-state index contributed by atoms with van der Waals surface area (Å²) in [6.45, 7) is 1.24. The van der Waals surface area contributed by atoms with Gasteiger partial charge in [-0.25, -0.2) is 0 Å². The van der Waals surface area contributed by atoms with Crippen molar-refractivity contribution >= 4 is 18.1 Å². The number of benzene rings is 1. The second-order valence-electron chi connectivity index (χ2n) is 5.09. The van der Waals surface area contributed by atoms with Crippen LogP contribution in [0.25, 0.3) is 0 Å². The van der Waals surface area contributed by atoms with Gasteiger partial charge in [-0.05, 0) is 17.8 Å². The van der Waals surface area contributed by atoms with Crippen LogP contribution in [-0.4, -0.2) is 32.1 Å². The van der Waals surface area contributed by atoms with Crippen LogP contribution in [0, 0.1) is 4.77 Å². The van der Waals surface area contributed by atoms with Gasteiger partial charge in [0.1, 0.15) is 0 Å². The average molecular weight is 288 g/mol. The first-order valence-corrected chi connectivity index (χ1v) is 6.99. The van der Waals surface area contributed by atoms with E-state index < -0.39 is 0 Å². The fourth-order valence-electron chi connectivity index (χ4n) is 2.57. The Morgan fingerprint density at radius 1 is 1.40 bits per heavy atom. The number of nitrogens with zero attached hydrogens (tertiary/aromatic N) is 3. The highest BCUT2D eigenvalue weighted by Crippen LogP contribution is 2.28. The number of amides is 1. The molecule has 6 heteroatoms. The SMILES string of the molecule is Cn1c(CN2C[C@@H](c3ccccc3)CC2=O)n[nH]c1=S. The molecule has 0 aliphatic carbocycles. The Morgan fingerprint density at radius 3 is 2.80 bits per heavy atom. The molecular formula is C14H16N4OS. The first-order chi connectivity index (χ1) is 9.65. The molecule has 1 aliphatic heterocycles. The number of hydrogen-bond donors (Lipinski definition) is 1. The van der Waals surface area contributed by atoms with Crippen molar-refractivity contribution in [2.24, 2.45) is 7.05 Å². The summed E-state index contributed by atoms with van der Waals surface area (Å²) in [5.74, 6) is 1.24. The molecule has 5 nitrogen and oxygen atoms in total. The van der Waals surface area contributed by atoms with Crippen LogP contribution in [0.15, 0.2) is 30.3 Å². The zero-order chi connectivity index (χ0) is 14.1. The molecule has 0 saturated carbocycles. The molecule has 1 N–H and O–H groups in total. The van der Waals surface area contributed by atoms with E-state index in [0.29, 0.717) is 17.7 Å². The minimum Gasteiger partial charge on any atom is -0.335 e. The van der Waals surface area contributed by atoms with Crippen molar-refractivity contribution in [2.45, 2.75) is 18.9 Å². The number of H-pyrrole nitrogens is 1. The van der Waals surface area contributed by atoms with E-state index >= 15 is 0 Å². The van der Waals surface area contributed by atoms with Gasteiger partial charge in [0, 0.05) is 25.9 Å². The number of nitrogens with one attached hydrogen (secondary N) is 1. The van der Waals surface area contributed by atoms with Crippen molar-refractivity contribution in [3.8, 4) is 0 Å². The molecule has 0 radical (unpaired) electrons. The smallest absolute Gasteiger partial charge is 0.223 e. The quantitative estimate of drug-likeness (QED) is 0.879. The summed E-state index contributed by atoms with van der Waals surface area (Å²) in [6.07, 6.45) is 0.568. The fourth-order valence-corrected chi connectivity index (χ4v) is 2.72. The fraction of sp³-hybridized carbons (Fsp3) is 0.357. The summed E-state index contributed by atoms with van der Waals surface area (Å²) in [5.41, 5.74) is 1.22. The lowest BCUT2D eigenvalue weighted by atomic mass is 9.99. The second-order valence-corrected chi connectivity index (χ2v) is 5.48. The maximum Gasteiger partial charge on any atom is 0.223 e. The standard InChI is InChI=1S/C14H16N4OS/c1-17-12(15-16-14(17)20)9-18-8-11(7-13(18)19)10-5-3-2-4-6-10/h2-6,11H,7-9H2,1H3,(H,16,20)/t11-/m0/s1. The van der Waals surface area contributed by atoms with Crippen LogP contribution in [0.2, 0.25) is 0 Å². The van der Waals surface area contributed by atoms with E-state index in [9.17, 15) is 4.79 Å². The lowest BCUT2D eigenvalue weighted by Gasteiger charge is -2.16. The van der Waals surface area contributed by atoms with Gasteiger partial charge in [0.15, 0.2) is 10.6 Å². The minimum atomic E-state index is 0.174. The molecule has 2 aromatic rings. The Labute approximate surface area is 122 Å². The van der Waals surface area contributed by atoms with Crippen LogP contribution in [0.1, 0.15) is 23.7 Å². The van der Waals surface area contributed by atoms with Crippen LogP contribution in [0.3, 0.4) is 0 Å². The van der Waals surface area contributed by atoms with Gasteiger partial charge >= 0.3 is 0 Å². The van der Waals surface area contributed by atoms with Gasteiger partial charge < -0.3 is 9.47 Å². The van der Waals surface area contributed by atoms with Crippen LogP contribution in [-0.2, 0) is 18.4 Å². The summed E-state index contributed by atoms with van der Waals surface area (Å²) < 4.78 is 2.38. The number of aromatic nitrogens is 3. The second kappa shape index (κ2) is 5.20. The number of rotatable bonds is 3. The third-order valence-electron chi connectivity index (χ3n) is 3.79. The minimum absolute atomic E-state index is 0.174. The van der Waals surface area contributed by atoms with Crippen molar-refractivity contribution in [2.75, 3.05) is 6.54 Å². The van der Waals surface area contributed by atoms with Gasteiger partial charge in [-0.1, -0.05) is 30.3 Å². The normalized spacial score (nSPS) is 18.8. The molecule has 1 saturated heterocycles. The number of carbonyl (C=O) groups is 1. The van der Waals surface area contributed by atoms with Crippen LogP contribution < -0.4 is 0 Å². The number of carbonyl (C=O) groups excluding carboxylic acids is 1. The Bertz CT molecular complexity index is 676. The maximum atomic E-state index is 12.1.